The molecule has 0 bridgehead atoms. The topological polar surface area (TPSA) is 87.0 Å². The van der Waals surface area contributed by atoms with Gasteiger partial charge in [0.1, 0.15) is 11.5 Å². The quantitative estimate of drug-likeness (QED) is 0.537. The van der Waals surface area contributed by atoms with E-state index in [1.54, 1.807) is 38.5 Å². The Morgan fingerprint density at radius 3 is 2.56 bits per heavy atom. The summed E-state index contributed by atoms with van der Waals surface area (Å²) >= 11 is 0. The Morgan fingerprint density at radius 1 is 1.07 bits per heavy atom. The predicted octanol–water partition coefficient (Wildman–Crippen LogP) is 2.73. The molecule has 0 aliphatic rings. The number of rotatable bonds is 9. The Kier molecular flexibility index (Phi) is 7.49. The molecule has 1 heterocycles. The van der Waals surface area contributed by atoms with Crippen molar-refractivity contribution in [3.05, 3.63) is 53.5 Å². The van der Waals surface area contributed by atoms with Gasteiger partial charge in [0.25, 0.3) is 0 Å². The van der Waals surface area contributed by atoms with Gasteiger partial charge in [-0.25, -0.2) is 0 Å². The first-order chi connectivity index (χ1) is 13.0. The van der Waals surface area contributed by atoms with Crippen LogP contribution in [0.25, 0.3) is 6.08 Å². The third-order valence-electron chi connectivity index (χ3n) is 3.80. The van der Waals surface area contributed by atoms with Crippen LogP contribution in [0.5, 0.6) is 11.5 Å². The van der Waals surface area contributed by atoms with E-state index in [2.05, 4.69) is 10.1 Å². The predicted molar refractivity (Wildman–Crippen MR) is 99.5 cm³/mol. The number of benzene rings is 1. The largest absolute Gasteiger partial charge is 0.493 e. The summed E-state index contributed by atoms with van der Waals surface area (Å²) in [5.41, 5.74) is 0.887. The van der Waals surface area contributed by atoms with E-state index >= 15 is 0 Å². The summed E-state index contributed by atoms with van der Waals surface area (Å²) < 4.78 is 20.6. The molecule has 0 unspecified atom stereocenters. The number of ether oxygens (including phenoxy) is 3. The fourth-order valence-electron chi connectivity index (χ4n) is 2.34. The summed E-state index contributed by atoms with van der Waals surface area (Å²) in [7, 11) is 4.48. The van der Waals surface area contributed by atoms with E-state index in [1.165, 1.54) is 13.2 Å². The monoisotopic (exact) mass is 373 g/mol. The molecule has 144 valence electrons. The van der Waals surface area contributed by atoms with Crippen molar-refractivity contribution in [2.75, 3.05) is 21.3 Å². The Labute approximate surface area is 157 Å². The lowest BCUT2D eigenvalue weighted by molar-refractivity contribution is -0.140. The summed E-state index contributed by atoms with van der Waals surface area (Å²) in [5, 5.41) is 2.79. The molecule has 0 aliphatic heterocycles. The number of esters is 1. The van der Waals surface area contributed by atoms with Gasteiger partial charge in [0.05, 0.1) is 27.8 Å². The minimum Gasteiger partial charge on any atom is -0.493 e. The van der Waals surface area contributed by atoms with Gasteiger partial charge in [-0.15, -0.1) is 0 Å². The average Bonchev–Trinajstić information content (AvgIpc) is 3.16. The zero-order valence-electron chi connectivity index (χ0n) is 15.6. The molecule has 0 aliphatic carbocycles. The molecule has 2 aromatic rings. The first-order valence-electron chi connectivity index (χ1n) is 8.38. The lowest BCUT2D eigenvalue weighted by Crippen LogP contribution is -2.20. The number of amides is 1. The minimum absolute atomic E-state index is 0.249. The number of carbonyl (C=O) groups is 2. The van der Waals surface area contributed by atoms with Gasteiger partial charge in [-0.3, -0.25) is 9.59 Å². The summed E-state index contributed by atoms with van der Waals surface area (Å²) in [5.74, 6) is 1.89. The van der Waals surface area contributed by atoms with Gasteiger partial charge in [-0.1, -0.05) is 6.07 Å². The van der Waals surface area contributed by atoms with E-state index in [0.29, 0.717) is 36.0 Å². The van der Waals surface area contributed by atoms with E-state index < -0.39 is 0 Å². The van der Waals surface area contributed by atoms with Crippen molar-refractivity contribution in [1.29, 1.82) is 0 Å². The van der Waals surface area contributed by atoms with Crippen molar-refractivity contribution >= 4 is 18.0 Å². The SMILES string of the molecule is COC(=O)CCc1ccc(/C=C/C(=O)NCc2ccc(OC)c(OC)c2)o1. The highest BCUT2D eigenvalue weighted by Crippen LogP contribution is 2.27. The third-order valence-corrected chi connectivity index (χ3v) is 3.80. The number of methoxy groups -OCH3 is 3. The first-order valence-corrected chi connectivity index (χ1v) is 8.38. The summed E-state index contributed by atoms with van der Waals surface area (Å²) in [6, 6.07) is 8.96. The van der Waals surface area contributed by atoms with E-state index in [-0.39, 0.29) is 18.3 Å². The maximum atomic E-state index is 12.0. The van der Waals surface area contributed by atoms with E-state index in [0.717, 1.165) is 5.56 Å². The van der Waals surface area contributed by atoms with Gasteiger partial charge in [0, 0.05) is 19.0 Å². The van der Waals surface area contributed by atoms with Crippen molar-refractivity contribution < 1.29 is 28.2 Å². The van der Waals surface area contributed by atoms with Gasteiger partial charge in [0.15, 0.2) is 11.5 Å². The fourth-order valence-corrected chi connectivity index (χ4v) is 2.34. The molecule has 7 nitrogen and oxygen atoms in total. The molecule has 0 saturated carbocycles. The van der Waals surface area contributed by atoms with Crippen LogP contribution in [0.2, 0.25) is 0 Å². The molecule has 1 aromatic carbocycles. The molecule has 1 N–H and O–H groups in total. The van der Waals surface area contributed by atoms with Gasteiger partial charge < -0.3 is 23.9 Å². The number of furan rings is 1. The summed E-state index contributed by atoms with van der Waals surface area (Å²) in [4.78, 5) is 23.1. The lowest BCUT2D eigenvalue weighted by Gasteiger charge is -2.09. The van der Waals surface area contributed by atoms with Crippen molar-refractivity contribution in [1.82, 2.24) is 5.32 Å². The van der Waals surface area contributed by atoms with Crippen molar-refractivity contribution in [2.45, 2.75) is 19.4 Å². The Balaban J connectivity index is 1.85. The second kappa shape index (κ2) is 10.1. The van der Waals surface area contributed by atoms with Crippen LogP contribution in [0, 0.1) is 0 Å². The second-order valence-electron chi connectivity index (χ2n) is 5.62. The number of hydrogen-bond donors (Lipinski definition) is 1. The molecule has 0 saturated heterocycles. The Bertz CT molecular complexity index is 809. The average molecular weight is 373 g/mol. The van der Waals surface area contributed by atoms with Crippen molar-refractivity contribution in [2.24, 2.45) is 0 Å². The van der Waals surface area contributed by atoms with Crippen LogP contribution < -0.4 is 14.8 Å². The fraction of sp³-hybridized carbons (Fsp3) is 0.300. The van der Waals surface area contributed by atoms with Crippen LogP contribution in [0.1, 0.15) is 23.5 Å². The molecule has 0 fully saturated rings. The van der Waals surface area contributed by atoms with E-state index in [4.69, 9.17) is 13.9 Å². The highest BCUT2D eigenvalue weighted by Gasteiger charge is 2.06. The van der Waals surface area contributed by atoms with Gasteiger partial charge >= 0.3 is 5.97 Å². The minimum atomic E-state index is -0.293. The molecule has 0 radical (unpaired) electrons. The van der Waals surface area contributed by atoms with Crippen LogP contribution in [0.15, 0.2) is 40.8 Å². The van der Waals surface area contributed by atoms with Crippen LogP contribution in [0.4, 0.5) is 0 Å². The Hall–Kier alpha value is -3.22. The van der Waals surface area contributed by atoms with Crippen LogP contribution in [-0.4, -0.2) is 33.2 Å². The van der Waals surface area contributed by atoms with Gasteiger partial charge in [0.2, 0.25) is 5.91 Å². The maximum Gasteiger partial charge on any atom is 0.305 e. The zero-order chi connectivity index (χ0) is 19.6. The maximum absolute atomic E-state index is 12.0. The normalized spacial score (nSPS) is 10.6. The number of carbonyl (C=O) groups excluding carboxylic acids is 2. The molecule has 2 rings (SSSR count). The number of aryl methyl sites for hydroxylation is 1. The number of hydrogen-bond acceptors (Lipinski definition) is 6. The van der Waals surface area contributed by atoms with Gasteiger partial charge in [-0.2, -0.15) is 0 Å². The second-order valence-corrected chi connectivity index (χ2v) is 5.62. The van der Waals surface area contributed by atoms with Crippen molar-refractivity contribution in [3.63, 3.8) is 0 Å². The van der Waals surface area contributed by atoms with E-state index in [9.17, 15) is 9.59 Å². The molecule has 27 heavy (non-hydrogen) atoms. The van der Waals surface area contributed by atoms with Crippen LogP contribution in [-0.2, 0) is 27.3 Å². The van der Waals surface area contributed by atoms with E-state index in [1.807, 2.05) is 12.1 Å². The third kappa shape index (κ3) is 6.22. The molecule has 1 amide bonds. The van der Waals surface area contributed by atoms with Crippen molar-refractivity contribution in [3.8, 4) is 11.5 Å². The number of nitrogens with one attached hydrogen (secondary N) is 1. The summed E-state index contributed by atoms with van der Waals surface area (Å²) in [6.07, 6.45) is 3.67. The molecular weight excluding hydrogens is 350 g/mol. The molecule has 7 heteroatoms. The smallest absolute Gasteiger partial charge is 0.305 e. The first kappa shape index (κ1) is 20.1. The van der Waals surface area contributed by atoms with Crippen LogP contribution in [0.3, 0.4) is 0 Å². The highest BCUT2D eigenvalue weighted by atomic mass is 16.5. The summed E-state index contributed by atoms with van der Waals surface area (Å²) in [6.45, 7) is 0.353. The molecular formula is C20H23NO6. The lowest BCUT2D eigenvalue weighted by atomic mass is 10.2. The van der Waals surface area contributed by atoms with Gasteiger partial charge in [-0.05, 0) is 35.9 Å². The highest BCUT2D eigenvalue weighted by molar-refractivity contribution is 5.91. The molecule has 1 aromatic heterocycles. The molecule has 0 spiro atoms. The standard InChI is InChI=1S/C20H23NO6/c1-24-17-9-4-14(12-18(17)25-2)13-21-19(22)10-7-15-5-6-16(27-15)8-11-20(23)26-3/h4-7,9-10,12H,8,11,13H2,1-3H3,(H,21,22)/b10-7+. The molecule has 0 atom stereocenters. The van der Waals surface area contributed by atoms with Crippen LogP contribution >= 0.6 is 0 Å². The zero-order valence-corrected chi connectivity index (χ0v) is 15.6. The Morgan fingerprint density at radius 2 is 1.85 bits per heavy atom.